The van der Waals surface area contributed by atoms with Gasteiger partial charge in [0.25, 0.3) is 0 Å². The summed E-state index contributed by atoms with van der Waals surface area (Å²) < 4.78 is 1.76. The van der Waals surface area contributed by atoms with Crippen molar-refractivity contribution in [2.45, 2.75) is 0 Å². The molecule has 7 heteroatoms. The van der Waals surface area contributed by atoms with Crippen LogP contribution in [0.15, 0.2) is 22.3 Å². The van der Waals surface area contributed by atoms with Gasteiger partial charge in [-0.25, -0.2) is 0 Å². The van der Waals surface area contributed by atoms with Gasteiger partial charge in [0.1, 0.15) is 5.75 Å². The molecule has 0 aliphatic carbocycles. The Labute approximate surface area is 114 Å². The van der Waals surface area contributed by atoms with Gasteiger partial charge in [0.15, 0.2) is 0 Å². The Kier molecular flexibility index (Phi) is 4.57. The molecule has 1 aromatic carbocycles. The van der Waals surface area contributed by atoms with Crippen molar-refractivity contribution < 1.29 is 5.11 Å². The van der Waals surface area contributed by atoms with Crippen molar-refractivity contribution in [3.8, 4) is 5.75 Å². The molecule has 1 aromatic rings. The minimum atomic E-state index is -0.119. The first-order valence-electron chi connectivity index (χ1n) is 3.80. The molecule has 0 heterocycles. The largest absolute Gasteiger partial charge is 0.506 e. The van der Waals surface area contributed by atoms with Crippen LogP contribution in [0.5, 0.6) is 5.75 Å². The van der Waals surface area contributed by atoms with Crippen LogP contribution in [0.1, 0.15) is 5.56 Å². The van der Waals surface area contributed by atoms with Crippen LogP contribution in [0, 0.1) is 7.14 Å². The molecule has 0 spiro atoms. The maximum Gasteiger partial charge on any atom is 0.211 e. The third kappa shape index (κ3) is 3.81. The van der Waals surface area contributed by atoms with Gasteiger partial charge in [0, 0.05) is 9.13 Å². The zero-order valence-electron chi connectivity index (χ0n) is 7.48. The fourth-order valence-electron chi connectivity index (χ4n) is 0.842. The van der Waals surface area contributed by atoms with Crippen molar-refractivity contribution >= 4 is 57.4 Å². The summed E-state index contributed by atoms with van der Waals surface area (Å²) in [6, 6.07) is 3.64. The SMILES string of the molecule is NC(N)=N/N=C/c1cc(I)cc(I)c1O. The maximum absolute atomic E-state index is 9.67. The molecule has 5 N–H and O–H groups in total. The average Bonchev–Trinajstić information content (AvgIpc) is 2.12. The number of nitrogens with two attached hydrogens (primary N) is 2. The molecule has 0 aliphatic heterocycles. The Bertz CT molecular complexity index is 427. The van der Waals surface area contributed by atoms with E-state index in [4.69, 9.17) is 11.5 Å². The quantitative estimate of drug-likeness (QED) is 0.285. The highest BCUT2D eigenvalue weighted by Crippen LogP contribution is 2.25. The lowest BCUT2D eigenvalue weighted by Crippen LogP contribution is -2.21. The lowest BCUT2D eigenvalue weighted by atomic mass is 10.2. The van der Waals surface area contributed by atoms with Gasteiger partial charge in [0.2, 0.25) is 5.96 Å². The second kappa shape index (κ2) is 5.49. The summed E-state index contributed by atoms with van der Waals surface area (Å²) in [6.45, 7) is 0. The summed E-state index contributed by atoms with van der Waals surface area (Å²) >= 11 is 4.19. The first-order chi connectivity index (χ1) is 7.00. The van der Waals surface area contributed by atoms with Crippen molar-refractivity contribution in [2.24, 2.45) is 21.7 Å². The zero-order valence-corrected chi connectivity index (χ0v) is 11.8. The molecule has 80 valence electrons. The topological polar surface area (TPSA) is 97.0 Å². The molecule has 1 rings (SSSR count). The fraction of sp³-hybridized carbons (Fsp3) is 0. The number of nitrogens with zero attached hydrogens (tertiary/aromatic N) is 2. The molecule has 0 amide bonds. The fourth-order valence-corrected chi connectivity index (χ4v) is 2.73. The van der Waals surface area contributed by atoms with E-state index in [2.05, 4.69) is 32.8 Å². The van der Waals surface area contributed by atoms with Crippen molar-refractivity contribution in [3.63, 3.8) is 0 Å². The molecule has 0 radical (unpaired) electrons. The molecule has 0 aliphatic rings. The van der Waals surface area contributed by atoms with Gasteiger partial charge in [0.05, 0.1) is 9.78 Å². The molecule has 0 unspecified atom stereocenters. The minimum Gasteiger partial charge on any atom is -0.506 e. The molecule has 0 aromatic heterocycles. The van der Waals surface area contributed by atoms with E-state index < -0.39 is 0 Å². The van der Waals surface area contributed by atoms with E-state index in [-0.39, 0.29) is 11.7 Å². The first kappa shape index (κ1) is 12.5. The molecule has 0 atom stereocenters. The van der Waals surface area contributed by atoms with E-state index in [9.17, 15) is 5.11 Å². The Morgan fingerprint density at radius 1 is 1.33 bits per heavy atom. The Morgan fingerprint density at radius 3 is 2.60 bits per heavy atom. The Hall–Kier alpha value is -0.580. The summed E-state index contributed by atoms with van der Waals surface area (Å²) in [5.41, 5.74) is 10.8. The molecule has 0 saturated heterocycles. The second-order valence-corrected chi connectivity index (χ2v) is 5.00. The molecule has 0 bridgehead atoms. The number of phenolic OH excluding ortho intramolecular Hbond substituents is 1. The number of phenols is 1. The number of benzene rings is 1. The van der Waals surface area contributed by atoms with Crippen LogP contribution in [0.3, 0.4) is 0 Å². The molecule has 15 heavy (non-hydrogen) atoms. The van der Waals surface area contributed by atoms with Gasteiger partial charge in [-0.15, -0.1) is 5.10 Å². The number of aromatic hydroxyl groups is 1. The third-order valence-corrected chi connectivity index (χ3v) is 2.87. The summed E-state index contributed by atoms with van der Waals surface area (Å²) in [5, 5.41) is 16.8. The Morgan fingerprint density at radius 2 is 2.00 bits per heavy atom. The first-order valence-corrected chi connectivity index (χ1v) is 5.96. The molecular formula is C8H8I2N4O. The van der Waals surface area contributed by atoms with E-state index in [1.807, 2.05) is 28.7 Å². The monoisotopic (exact) mass is 430 g/mol. The van der Waals surface area contributed by atoms with Gasteiger partial charge >= 0.3 is 0 Å². The summed E-state index contributed by atoms with van der Waals surface area (Å²) in [6.07, 6.45) is 1.40. The highest BCUT2D eigenvalue weighted by Gasteiger charge is 2.04. The predicted octanol–water partition coefficient (Wildman–Crippen LogP) is 1.21. The molecule has 0 saturated carbocycles. The lowest BCUT2D eigenvalue weighted by molar-refractivity contribution is 0.470. The van der Waals surface area contributed by atoms with Crippen LogP contribution in [0.2, 0.25) is 0 Å². The van der Waals surface area contributed by atoms with Crippen molar-refractivity contribution in [1.29, 1.82) is 0 Å². The molecular weight excluding hydrogens is 422 g/mol. The minimum absolute atomic E-state index is 0.119. The standard InChI is InChI=1S/C8H8I2N4O/c9-5-1-4(3-13-14-8(11)12)7(15)6(10)2-5/h1-3,15H,(H4,11,12,14)/b13-3+. The highest BCUT2D eigenvalue weighted by molar-refractivity contribution is 14.1. The predicted molar refractivity (Wildman–Crippen MR) is 76.9 cm³/mol. The van der Waals surface area contributed by atoms with Crippen molar-refractivity contribution in [3.05, 3.63) is 24.8 Å². The third-order valence-electron chi connectivity index (χ3n) is 1.43. The van der Waals surface area contributed by atoms with Crippen LogP contribution in [0.25, 0.3) is 0 Å². The van der Waals surface area contributed by atoms with Gasteiger partial charge < -0.3 is 16.6 Å². The van der Waals surface area contributed by atoms with Crippen LogP contribution in [-0.4, -0.2) is 17.3 Å². The molecule has 0 fully saturated rings. The normalized spacial score (nSPS) is 10.5. The second-order valence-electron chi connectivity index (χ2n) is 2.59. The number of rotatable bonds is 2. The van der Waals surface area contributed by atoms with Crippen molar-refractivity contribution in [2.75, 3.05) is 0 Å². The van der Waals surface area contributed by atoms with E-state index in [0.29, 0.717) is 5.56 Å². The summed E-state index contributed by atoms with van der Waals surface area (Å²) in [5.74, 6) is 0.0524. The molecule has 5 nitrogen and oxygen atoms in total. The number of halogens is 2. The Balaban J connectivity index is 3.05. The van der Waals surface area contributed by atoms with E-state index >= 15 is 0 Å². The maximum atomic E-state index is 9.67. The summed E-state index contributed by atoms with van der Waals surface area (Å²) in [4.78, 5) is 0. The van der Waals surface area contributed by atoms with Crippen LogP contribution in [-0.2, 0) is 0 Å². The average molecular weight is 430 g/mol. The summed E-state index contributed by atoms with van der Waals surface area (Å²) in [7, 11) is 0. The van der Waals surface area contributed by atoms with E-state index in [1.54, 1.807) is 6.07 Å². The number of guanidine groups is 1. The van der Waals surface area contributed by atoms with Crippen LogP contribution in [0.4, 0.5) is 0 Å². The number of hydrogen-bond acceptors (Lipinski definition) is 3. The smallest absolute Gasteiger partial charge is 0.211 e. The van der Waals surface area contributed by atoms with Gasteiger partial charge in [-0.1, -0.05) is 0 Å². The lowest BCUT2D eigenvalue weighted by Gasteiger charge is -2.01. The zero-order chi connectivity index (χ0) is 11.4. The van der Waals surface area contributed by atoms with E-state index in [0.717, 1.165) is 7.14 Å². The number of hydrogen-bond donors (Lipinski definition) is 3. The highest BCUT2D eigenvalue weighted by atomic mass is 127. The van der Waals surface area contributed by atoms with Gasteiger partial charge in [-0.05, 0) is 57.3 Å². The van der Waals surface area contributed by atoms with Crippen LogP contribution >= 0.6 is 45.2 Å². The van der Waals surface area contributed by atoms with Crippen molar-refractivity contribution in [1.82, 2.24) is 0 Å². The van der Waals surface area contributed by atoms with Crippen LogP contribution < -0.4 is 11.5 Å². The van der Waals surface area contributed by atoms with Gasteiger partial charge in [-0.3, -0.25) is 0 Å². The van der Waals surface area contributed by atoms with E-state index in [1.165, 1.54) is 6.21 Å². The van der Waals surface area contributed by atoms with Gasteiger partial charge in [-0.2, -0.15) is 5.10 Å².